The molecule has 4 aliphatic rings. The molecule has 3 aliphatic heterocycles. The Bertz CT molecular complexity index is 753. The Morgan fingerprint density at radius 2 is 2.03 bits per heavy atom. The molecule has 0 amide bonds. The van der Waals surface area contributed by atoms with Crippen LogP contribution < -0.4 is 15.5 Å². The van der Waals surface area contributed by atoms with E-state index < -0.39 is 32.4 Å². The lowest BCUT2D eigenvalue weighted by molar-refractivity contribution is -0.0440. The van der Waals surface area contributed by atoms with Crippen LogP contribution in [-0.2, 0) is 13.8 Å². The molecular weight excluding hydrogens is 396 g/mol. The van der Waals surface area contributed by atoms with Gasteiger partial charge < -0.3 is 25.4 Å². The second kappa shape index (κ2) is 7.79. The summed E-state index contributed by atoms with van der Waals surface area (Å²) in [5, 5.41) is 17.7. The topological polar surface area (TPSA) is 121 Å². The largest absolute Gasteiger partial charge is 0.488 e. The number of aromatic nitrogens is 2. The summed E-state index contributed by atoms with van der Waals surface area (Å²) in [5.41, 5.74) is 0.808. The molecule has 4 unspecified atom stereocenters. The summed E-state index contributed by atoms with van der Waals surface area (Å²) in [4.78, 5) is 20.6. The molecule has 156 valence electrons. The zero-order chi connectivity index (χ0) is 20.0. The van der Waals surface area contributed by atoms with E-state index in [9.17, 15) is 10.00 Å². The highest BCUT2D eigenvalue weighted by molar-refractivity contribution is 7.85. The smallest absolute Gasteiger partial charge is 0.385 e. The first-order valence-corrected chi connectivity index (χ1v) is 11.9. The highest BCUT2D eigenvalue weighted by atomic mass is 31.2. The zero-order valence-corrected chi connectivity index (χ0v) is 17.0. The standard InChI is InChI=1S/C17H26BN5O5P/c18-29(25)26-7-11-14(28-29)13(24)17(27-11)23-9-21-12-15(19-8-20-16(12)23)22-10-5-3-1-2-4-6-10/h8,10-11,13-14,17,21,24-25H,1-7,9H2,(H,19,20,22)/q+1/t11?,13?,14-,17?,29?/m1/s1. The summed E-state index contributed by atoms with van der Waals surface area (Å²) in [7, 11) is 2.18. The average Bonchev–Trinajstić information content (AvgIpc) is 3.14. The van der Waals surface area contributed by atoms with Gasteiger partial charge in [-0.05, 0) is 12.8 Å². The number of aliphatic hydroxyl groups excluding tert-OH is 1. The average molecular weight is 422 g/mol. The normalized spacial score (nSPS) is 37.5. The fourth-order valence-corrected chi connectivity index (χ4v) is 5.59. The summed E-state index contributed by atoms with van der Waals surface area (Å²) in [6.07, 6.45) is 5.89. The van der Waals surface area contributed by atoms with Crippen molar-refractivity contribution in [3.05, 3.63) is 6.33 Å². The van der Waals surface area contributed by atoms with Crippen LogP contribution in [0.5, 0.6) is 0 Å². The number of hydrogen-bond donors (Lipinski definition) is 4. The van der Waals surface area contributed by atoms with E-state index in [-0.39, 0.29) is 6.61 Å². The number of rotatable bonds is 3. The lowest BCUT2D eigenvalue weighted by Crippen LogP contribution is -2.45. The van der Waals surface area contributed by atoms with Crippen molar-refractivity contribution in [2.45, 2.75) is 69.1 Å². The molecule has 29 heavy (non-hydrogen) atoms. The van der Waals surface area contributed by atoms with Crippen molar-refractivity contribution in [1.29, 1.82) is 0 Å². The highest BCUT2D eigenvalue weighted by Crippen LogP contribution is 2.58. The summed E-state index contributed by atoms with van der Waals surface area (Å²) in [6.45, 7) is 0.489. The number of anilines is 3. The first-order valence-electron chi connectivity index (χ1n) is 10.2. The van der Waals surface area contributed by atoms with Crippen LogP contribution in [0.3, 0.4) is 0 Å². The van der Waals surface area contributed by atoms with Crippen LogP contribution in [0.15, 0.2) is 6.33 Å². The minimum Gasteiger partial charge on any atom is -0.385 e. The van der Waals surface area contributed by atoms with Crippen LogP contribution in [0.1, 0.15) is 38.5 Å². The van der Waals surface area contributed by atoms with E-state index in [1.165, 1.54) is 32.0 Å². The molecule has 3 fully saturated rings. The molecule has 5 atom stereocenters. The summed E-state index contributed by atoms with van der Waals surface area (Å²) in [6, 6.07) is 0.403. The molecule has 2 radical (unpaired) electrons. The Hall–Kier alpha value is -1.23. The van der Waals surface area contributed by atoms with Gasteiger partial charge in [0.05, 0.1) is 6.67 Å². The van der Waals surface area contributed by atoms with Crippen LogP contribution in [0, 0.1) is 0 Å². The Morgan fingerprint density at radius 3 is 2.83 bits per heavy atom. The molecule has 5 rings (SSSR count). The van der Waals surface area contributed by atoms with Crippen LogP contribution in [0.2, 0.25) is 0 Å². The summed E-state index contributed by atoms with van der Waals surface area (Å²) in [5.74, 6) is 1.44. The van der Waals surface area contributed by atoms with Gasteiger partial charge in [0.2, 0.25) is 0 Å². The Balaban J connectivity index is 1.34. The molecule has 1 aromatic rings. The third-order valence-electron chi connectivity index (χ3n) is 6.03. The number of ether oxygens (including phenoxy) is 1. The minimum atomic E-state index is -3.41. The van der Waals surface area contributed by atoms with E-state index in [0.29, 0.717) is 18.5 Å². The Morgan fingerprint density at radius 1 is 1.24 bits per heavy atom. The van der Waals surface area contributed by atoms with Gasteiger partial charge in [0.15, 0.2) is 24.0 Å². The zero-order valence-electron chi connectivity index (χ0n) is 16.1. The highest BCUT2D eigenvalue weighted by Gasteiger charge is 2.58. The number of nitrogens with one attached hydrogen (secondary N) is 2. The van der Waals surface area contributed by atoms with Crippen molar-refractivity contribution in [3.8, 4) is 0 Å². The van der Waals surface area contributed by atoms with E-state index in [2.05, 4.69) is 20.6 Å². The third-order valence-corrected chi connectivity index (χ3v) is 7.10. The third kappa shape index (κ3) is 3.80. The van der Waals surface area contributed by atoms with Crippen LogP contribution in [0.25, 0.3) is 0 Å². The quantitative estimate of drug-likeness (QED) is 0.321. The van der Waals surface area contributed by atoms with Crippen molar-refractivity contribution < 1.29 is 23.8 Å². The maximum Gasteiger partial charge on any atom is 0.488 e. The summed E-state index contributed by atoms with van der Waals surface area (Å²) >= 11 is 0. The number of fused-ring (bicyclic) bond motifs is 2. The fourth-order valence-electron chi connectivity index (χ4n) is 4.56. The van der Waals surface area contributed by atoms with E-state index in [0.717, 1.165) is 24.3 Å². The molecule has 0 spiro atoms. The van der Waals surface area contributed by atoms with Crippen LogP contribution in [-0.4, -0.2) is 71.4 Å². The second-order valence-electron chi connectivity index (χ2n) is 8.04. The molecule has 10 nitrogen and oxygen atoms in total. The first kappa shape index (κ1) is 19.7. The number of hydrogen-bond acceptors (Lipinski definition) is 10. The molecule has 1 saturated carbocycles. The molecule has 0 aromatic carbocycles. The first-order chi connectivity index (χ1) is 14.0. The van der Waals surface area contributed by atoms with Gasteiger partial charge >= 0.3 is 15.4 Å². The summed E-state index contributed by atoms with van der Waals surface area (Å²) < 4.78 is 16.5. The molecule has 0 bridgehead atoms. The van der Waals surface area contributed by atoms with Crippen molar-refractivity contribution in [2.24, 2.45) is 0 Å². The van der Waals surface area contributed by atoms with Gasteiger partial charge in [-0.25, -0.2) is 14.9 Å². The van der Waals surface area contributed by atoms with E-state index in [1.54, 1.807) is 0 Å². The second-order valence-corrected chi connectivity index (χ2v) is 9.64. The molecule has 1 aliphatic carbocycles. The van der Waals surface area contributed by atoms with Gasteiger partial charge in [-0.1, -0.05) is 25.7 Å². The van der Waals surface area contributed by atoms with Gasteiger partial charge in [0, 0.05) is 6.04 Å². The Kier molecular flexibility index (Phi) is 5.30. The van der Waals surface area contributed by atoms with Gasteiger partial charge in [-0.3, -0.25) is 0 Å². The van der Waals surface area contributed by atoms with E-state index in [4.69, 9.17) is 21.4 Å². The minimum absolute atomic E-state index is 0.0748. The maximum atomic E-state index is 10.8. The SMILES string of the molecule is [B][P+]1(O)OCC2OC(N3CNc4c(NC5CCCCCC5)ncnc43)C(O)[C@@H]2O1. The van der Waals surface area contributed by atoms with Gasteiger partial charge in [0.1, 0.15) is 30.8 Å². The van der Waals surface area contributed by atoms with Gasteiger partial charge in [0.25, 0.3) is 0 Å². The monoisotopic (exact) mass is 422 g/mol. The van der Waals surface area contributed by atoms with Crippen molar-refractivity contribution in [1.82, 2.24) is 9.97 Å². The lowest BCUT2D eigenvalue weighted by Gasteiger charge is -2.28. The molecule has 4 heterocycles. The predicted molar refractivity (Wildman–Crippen MR) is 108 cm³/mol. The number of nitrogens with zero attached hydrogens (tertiary/aromatic N) is 3. The van der Waals surface area contributed by atoms with E-state index in [1.807, 2.05) is 4.90 Å². The van der Waals surface area contributed by atoms with Gasteiger partial charge in [-0.15, -0.1) is 0 Å². The number of aliphatic hydroxyl groups is 1. The molecule has 2 saturated heterocycles. The van der Waals surface area contributed by atoms with Crippen molar-refractivity contribution >= 4 is 32.7 Å². The van der Waals surface area contributed by atoms with Gasteiger partial charge in [-0.2, -0.15) is 9.05 Å². The predicted octanol–water partition coefficient (Wildman–Crippen LogP) is 1.14. The Labute approximate surface area is 171 Å². The molecule has 4 N–H and O–H groups in total. The van der Waals surface area contributed by atoms with Crippen LogP contribution >= 0.6 is 7.82 Å². The van der Waals surface area contributed by atoms with Crippen molar-refractivity contribution in [3.63, 3.8) is 0 Å². The molecule has 1 aromatic heterocycles. The maximum absolute atomic E-state index is 10.8. The fraction of sp³-hybridized carbons (Fsp3) is 0.765. The molecular formula is C17H26BN5O5P+. The lowest BCUT2D eigenvalue weighted by atomic mass is 10.1. The van der Waals surface area contributed by atoms with E-state index >= 15 is 0 Å². The molecule has 12 heteroatoms. The van der Waals surface area contributed by atoms with Crippen LogP contribution in [0.4, 0.5) is 17.3 Å². The van der Waals surface area contributed by atoms with Crippen molar-refractivity contribution in [2.75, 3.05) is 28.8 Å².